The van der Waals surface area contributed by atoms with Gasteiger partial charge in [-0.15, -0.1) is 0 Å². The summed E-state index contributed by atoms with van der Waals surface area (Å²) in [5, 5.41) is 9.50. The Bertz CT molecular complexity index is 578. The fourth-order valence-corrected chi connectivity index (χ4v) is 2.98. The maximum atomic E-state index is 12.2. The number of hydrogen-bond donors (Lipinski definition) is 3. The van der Waals surface area contributed by atoms with Gasteiger partial charge in [-0.1, -0.05) is 0 Å². The molecule has 3 N–H and O–H groups in total. The second-order valence-electron chi connectivity index (χ2n) is 8.94. The predicted octanol–water partition coefficient (Wildman–Crippen LogP) is 1.09. The Morgan fingerprint density at radius 2 is 1.93 bits per heavy atom. The van der Waals surface area contributed by atoms with Crippen LogP contribution in [0.1, 0.15) is 46.5 Å². The Balaban J connectivity index is 1.90. The molecule has 1 saturated heterocycles. The van der Waals surface area contributed by atoms with Gasteiger partial charge in [-0.05, 0) is 52.4 Å². The molecule has 1 aliphatic heterocycles. The Kier molecular flexibility index (Phi) is 8.55. The zero-order chi connectivity index (χ0) is 21.4. The van der Waals surface area contributed by atoms with Crippen LogP contribution in [0.2, 0.25) is 0 Å². The quantitative estimate of drug-likeness (QED) is 0.408. The highest BCUT2D eigenvalue weighted by atomic mass is 16.6. The van der Waals surface area contributed by atoms with E-state index >= 15 is 0 Å². The third-order valence-corrected chi connectivity index (χ3v) is 4.77. The molecule has 2 unspecified atom stereocenters. The van der Waals surface area contributed by atoms with E-state index in [4.69, 9.17) is 9.47 Å². The average molecular weight is 412 g/mol. The lowest BCUT2D eigenvalue weighted by atomic mass is 10.2. The van der Waals surface area contributed by atoms with E-state index in [0.717, 1.165) is 32.3 Å². The fraction of sp³-hybridized carbons (Fsp3) is 0.850. The first-order chi connectivity index (χ1) is 13.6. The van der Waals surface area contributed by atoms with Crippen molar-refractivity contribution in [2.45, 2.75) is 64.2 Å². The number of alkyl carbamates (subject to hydrolysis) is 1. The molecule has 9 heteroatoms. The zero-order valence-electron chi connectivity index (χ0n) is 18.4. The summed E-state index contributed by atoms with van der Waals surface area (Å²) < 4.78 is 11.0. The van der Waals surface area contributed by atoms with Crippen LogP contribution >= 0.6 is 0 Å². The van der Waals surface area contributed by atoms with Gasteiger partial charge in [0.25, 0.3) is 0 Å². The molecule has 166 valence electrons. The molecule has 2 amide bonds. The van der Waals surface area contributed by atoms with Gasteiger partial charge >= 0.3 is 6.09 Å². The number of nitrogens with zero attached hydrogens (tertiary/aromatic N) is 2. The highest BCUT2D eigenvalue weighted by molar-refractivity contribution is 5.84. The van der Waals surface area contributed by atoms with Crippen molar-refractivity contribution >= 4 is 18.0 Å². The standard InChI is InChI=1S/C20H37N5O4/c1-20(2,3)29-19(27)24-16(14-8-9-14)12-22-18(23-13-17(26)25(4)5)21-11-15-7-6-10-28-15/h14-16H,6-13H2,1-5H3,(H,24,27)(H2,21,22,23). The molecule has 0 aromatic heterocycles. The number of nitrogens with one attached hydrogen (secondary N) is 3. The summed E-state index contributed by atoms with van der Waals surface area (Å²) in [7, 11) is 3.41. The maximum Gasteiger partial charge on any atom is 0.407 e. The average Bonchev–Trinajstić information content (AvgIpc) is 3.33. The smallest absolute Gasteiger partial charge is 0.407 e. The summed E-state index contributed by atoms with van der Waals surface area (Å²) >= 11 is 0. The summed E-state index contributed by atoms with van der Waals surface area (Å²) in [6, 6.07) is -0.0517. The highest BCUT2D eigenvalue weighted by Gasteiger charge is 2.33. The second-order valence-corrected chi connectivity index (χ2v) is 8.94. The van der Waals surface area contributed by atoms with Crippen molar-refractivity contribution in [2.75, 3.05) is 40.3 Å². The minimum Gasteiger partial charge on any atom is -0.444 e. The van der Waals surface area contributed by atoms with Crippen LogP contribution in [0.15, 0.2) is 4.99 Å². The number of likely N-dealkylation sites (N-methyl/N-ethyl adjacent to an activating group) is 1. The minimum atomic E-state index is -0.534. The van der Waals surface area contributed by atoms with Crippen molar-refractivity contribution in [1.29, 1.82) is 0 Å². The van der Waals surface area contributed by atoms with E-state index in [1.807, 2.05) is 20.8 Å². The largest absolute Gasteiger partial charge is 0.444 e. The van der Waals surface area contributed by atoms with E-state index in [2.05, 4.69) is 20.9 Å². The lowest BCUT2D eigenvalue weighted by molar-refractivity contribution is -0.127. The van der Waals surface area contributed by atoms with E-state index in [-0.39, 0.29) is 24.6 Å². The number of carbonyl (C=O) groups excluding carboxylic acids is 2. The summed E-state index contributed by atoms with van der Waals surface area (Å²) in [6.45, 7) is 7.53. The van der Waals surface area contributed by atoms with Gasteiger partial charge in [0.2, 0.25) is 5.91 Å². The Hall–Kier alpha value is -2.03. The van der Waals surface area contributed by atoms with Gasteiger partial charge in [-0.25, -0.2) is 9.79 Å². The lowest BCUT2D eigenvalue weighted by Gasteiger charge is -2.24. The SMILES string of the molecule is CN(C)C(=O)CN=C(NCC1CCCO1)NCC(NC(=O)OC(C)(C)C)C1CC1. The lowest BCUT2D eigenvalue weighted by Crippen LogP contribution is -2.50. The third kappa shape index (κ3) is 9.34. The van der Waals surface area contributed by atoms with Gasteiger partial charge in [-0.3, -0.25) is 4.79 Å². The van der Waals surface area contributed by atoms with E-state index in [9.17, 15) is 9.59 Å². The maximum absolute atomic E-state index is 12.2. The van der Waals surface area contributed by atoms with Gasteiger partial charge in [0.1, 0.15) is 12.1 Å². The molecule has 9 nitrogen and oxygen atoms in total. The normalized spacial score (nSPS) is 20.7. The molecule has 2 aliphatic rings. The molecule has 0 spiro atoms. The predicted molar refractivity (Wildman–Crippen MR) is 112 cm³/mol. The van der Waals surface area contributed by atoms with Crippen LogP contribution in [0.3, 0.4) is 0 Å². The molecule has 1 aliphatic carbocycles. The van der Waals surface area contributed by atoms with E-state index < -0.39 is 11.7 Å². The number of rotatable bonds is 8. The number of guanidine groups is 1. The first-order valence-electron chi connectivity index (χ1n) is 10.5. The Morgan fingerprint density at radius 1 is 1.21 bits per heavy atom. The molecule has 1 saturated carbocycles. The molecular formula is C20H37N5O4. The Labute approximate surface area is 174 Å². The Morgan fingerprint density at radius 3 is 2.48 bits per heavy atom. The number of aliphatic imine (C=N–C) groups is 1. The molecule has 2 fully saturated rings. The van der Waals surface area contributed by atoms with Crippen molar-refractivity contribution in [2.24, 2.45) is 10.9 Å². The molecule has 0 aromatic carbocycles. The zero-order valence-corrected chi connectivity index (χ0v) is 18.4. The minimum absolute atomic E-state index is 0.0517. The number of hydrogen-bond acceptors (Lipinski definition) is 5. The second kappa shape index (κ2) is 10.7. The number of ether oxygens (including phenoxy) is 2. The van der Waals surface area contributed by atoms with Crippen molar-refractivity contribution in [1.82, 2.24) is 20.9 Å². The summed E-state index contributed by atoms with van der Waals surface area (Å²) in [5.41, 5.74) is -0.534. The van der Waals surface area contributed by atoms with Crippen molar-refractivity contribution in [3.63, 3.8) is 0 Å². The van der Waals surface area contributed by atoms with Crippen LogP contribution in [-0.4, -0.2) is 80.9 Å². The van der Waals surface area contributed by atoms with E-state index in [0.29, 0.717) is 25.0 Å². The van der Waals surface area contributed by atoms with Crippen LogP contribution in [0.5, 0.6) is 0 Å². The van der Waals surface area contributed by atoms with Crippen LogP contribution in [0.25, 0.3) is 0 Å². The van der Waals surface area contributed by atoms with Crippen molar-refractivity contribution in [3.05, 3.63) is 0 Å². The van der Waals surface area contributed by atoms with Crippen molar-refractivity contribution in [3.8, 4) is 0 Å². The molecule has 29 heavy (non-hydrogen) atoms. The van der Waals surface area contributed by atoms with Gasteiger partial charge in [0.05, 0.1) is 12.1 Å². The highest BCUT2D eigenvalue weighted by Crippen LogP contribution is 2.32. The van der Waals surface area contributed by atoms with Gasteiger partial charge in [0, 0.05) is 33.8 Å². The summed E-state index contributed by atoms with van der Waals surface area (Å²) in [4.78, 5) is 30.0. The number of carbonyl (C=O) groups is 2. The summed E-state index contributed by atoms with van der Waals surface area (Å²) in [5.74, 6) is 0.902. The number of amides is 2. The molecule has 2 rings (SSSR count). The molecule has 0 bridgehead atoms. The monoisotopic (exact) mass is 411 g/mol. The molecule has 0 radical (unpaired) electrons. The molecular weight excluding hydrogens is 374 g/mol. The third-order valence-electron chi connectivity index (χ3n) is 4.77. The van der Waals surface area contributed by atoms with Crippen LogP contribution in [-0.2, 0) is 14.3 Å². The topological polar surface area (TPSA) is 104 Å². The van der Waals surface area contributed by atoms with Gasteiger partial charge < -0.3 is 30.3 Å². The van der Waals surface area contributed by atoms with Gasteiger partial charge in [-0.2, -0.15) is 0 Å². The molecule has 2 atom stereocenters. The van der Waals surface area contributed by atoms with Crippen LogP contribution in [0.4, 0.5) is 4.79 Å². The van der Waals surface area contributed by atoms with E-state index in [1.165, 1.54) is 4.90 Å². The fourth-order valence-electron chi connectivity index (χ4n) is 2.98. The van der Waals surface area contributed by atoms with Gasteiger partial charge in [0.15, 0.2) is 5.96 Å². The summed E-state index contributed by atoms with van der Waals surface area (Å²) in [6.07, 6.45) is 3.99. The first kappa shape index (κ1) is 23.3. The van der Waals surface area contributed by atoms with E-state index in [1.54, 1.807) is 14.1 Å². The van der Waals surface area contributed by atoms with Crippen molar-refractivity contribution < 1.29 is 19.1 Å². The van der Waals surface area contributed by atoms with Crippen LogP contribution < -0.4 is 16.0 Å². The molecule has 1 heterocycles. The molecule has 0 aromatic rings. The van der Waals surface area contributed by atoms with Crippen LogP contribution in [0, 0.1) is 5.92 Å². The first-order valence-corrected chi connectivity index (χ1v) is 10.5.